The van der Waals surface area contributed by atoms with E-state index in [0.717, 1.165) is 51.3 Å². The van der Waals surface area contributed by atoms with Crippen LogP contribution < -0.4 is 10.1 Å². The second kappa shape index (κ2) is 12.3. The van der Waals surface area contributed by atoms with Crippen LogP contribution in [0.15, 0.2) is 30.3 Å². The number of benzene rings is 1. The van der Waals surface area contributed by atoms with Crippen molar-refractivity contribution in [1.82, 2.24) is 15.1 Å². The third kappa shape index (κ3) is 6.38. The molecule has 1 aromatic rings. The van der Waals surface area contributed by atoms with Crippen molar-refractivity contribution in [1.29, 1.82) is 0 Å². The van der Waals surface area contributed by atoms with Crippen molar-refractivity contribution < 1.29 is 9.53 Å². The number of hydrogen-bond acceptors (Lipinski definition) is 4. The molecular formula is C21H33Cl2N3O2. The van der Waals surface area contributed by atoms with E-state index < -0.39 is 0 Å². The minimum Gasteiger partial charge on any atom is -0.497 e. The summed E-state index contributed by atoms with van der Waals surface area (Å²) in [5, 5.41) is 3.17. The lowest BCUT2D eigenvalue weighted by atomic mass is 9.83. The number of nitrogens with zero attached hydrogens (tertiary/aromatic N) is 2. The van der Waals surface area contributed by atoms with Gasteiger partial charge >= 0.3 is 0 Å². The van der Waals surface area contributed by atoms with Crippen LogP contribution >= 0.6 is 24.8 Å². The molecule has 0 saturated carbocycles. The number of likely N-dealkylation sites (tertiary alicyclic amines) is 2. The summed E-state index contributed by atoms with van der Waals surface area (Å²) >= 11 is 0. The summed E-state index contributed by atoms with van der Waals surface area (Å²) in [7, 11) is 3.64. The number of halogens is 2. The van der Waals surface area contributed by atoms with Crippen LogP contribution in [-0.4, -0.2) is 68.6 Å². The standard InChI is InChI=1S/C21H31N3O2.2ClH/c1-22-12-15-24-20-11-14-23(16-18(20)7-10-21(24)25)13-3-4-17-5-8-19(26-2)9-6-17;;/h3-6,8-9,18,20,22H,7,10-16H2,1-2H3;2*1H/t18-,20+;;/m0../s1. The number of ether oxygens (including phenoxy) is 1. The van der Waals surface area contributed by atoms with Crippen molar-refractivity contribution in [3.8, 4) is 5.75 Å². The number of carbonyl (C=O) groups excluding carboxylic acids is 1. The monoisotopic (exact) mass is 429 g/mol. The molecule has 1 N–H and O–H groups in total. The van der Waals surface area contributed by atoms with Crippen LogP contribution in [0.5, 0.6) is 5.75 Å². The predicted molar refractivity (Wildman–Crippen MR) is 120 cm³/mol. The molecule has 2 atom stereocenters. The van der Waals surface area contributed by atoms with E-state index in [2.05, 4.69) is 39.4 Å². The van der Waals surface area contributed by atoms with Crippen LogP contribution in [0.2, 0.25) is 0 Å². The Bertz CT molecular complexity index is 625. The molecule has 158 valence electrons. The average molecular weight is 430 g/mol. The van der Waals surface area contributed by atoms with Gasteiger partial charge in [-0.2, -0.15) is 0 Å². The van der Waals surface area contributed by atoms with Crippen LogP contribution in [0, 0.1) is 5.92 Å². The Balaban J connectivity index is 0.00000196. The molecular weight excluding hydrogens is 397 g/mol. The number of methoxy groups -OCH3 is 1. The highest BCUT2D eigenvalue weighted by molar-refractivity contribution is 5.85. The molecule has 0 spiro atoms. The zero-order valence-electron chi connectivity index (χ0n) is 16.8. The summed E-state index contributed by atoms with van der Waals surface area (Å²) in [4.78, 5) is 16.9. The number of nitrogens with one attached hydrogen (secondary N) is 1. The molecule has 0 unspecified atom stereocenters. The van der Waals surface area contributed by atoms with Gasteiger partial charge in [-0.15, -0.1) is 24.8 Å². The Morgan fingerprint density at radius 2 is 1.96 bits per heavy atom. The maximum Gasteiger partial charge on any atom is 0.222 e. The maximum atomic E-state index is 12.3. The fourth-order valence-electron chi connectivity index (χ4n) is 4.17. The summed E-state index contributed by atoms with van der Waals surface area (Å²) in [5.74, 6) is 1.85. The van der Waals surface area contributed by atoms with E-state index in [1.54, 1.807) is 7.11 Å². The van der Waals surface area contributed by atoms with Crippen molar-refractivity contribution in [3.05, 3.63) is 35.9 Å². The molecule has 1 aromatic carbocycles. The SMILES string of the molecule is CNCCN1C(=O)CC[C@H]2CN(CC=Cc3ccc(OC)cc3)CC[C@H]21.Cl.Cl. The molecule has 0 radical (unpaired) electrons. The van der Waals surface area contributed by atoms with Gasteiger partial charge in [-0.25, -0.2) is 0 Å². The molecule has 2 aliphatic rings. The van der Waals surface area contributed by atoms with Gasteiger partial charge in [0.2, 0.25) is 5.91 Å². The van der Waals surface area contributed by atoms with Gasteiger partial charge in [0.25, 0.3) is 0 Å². The number of carbonyl (C=O) groups is 1. The van der Waals surface area contributed by atoms with Crippen molar-refractivity contribution in [2.24, 2.45) is 5.92 Å². The molecule has 2 aliphatic heterocycles. The first-order valence-corrected chi connectivity index (χ1v) is 9.68. The quantitative estimate of drug-likeness (QED) is 0.722. The zero-order chi connectivity index (χ0) is 18.4. The molecule has 28 heavy (non-hydrogen) atoms. The second-order valence-electron chi connectivity index (χ2n) is 7.28. The molecule has 2 fully saturated rings. The fourth-order valence-corrected chi connectivity index (χ4v) is 4.17. The fraction of sp³-hybridized carbons (Fsp3) is 0.571. The van der Waals surface area contributed by atoms with E-state index in [0.29, 0.717) is 24.3 Å². The highest BCUT2D eigenvalue weighted by Gasteiger charge is 2.38. The lowest BCUT2D eigenvalue weighted by molar-refractivity contribution is -0.140. The minimum atomic E-state index is 0. The van der Waals surface area contributed by atoms with Gasteiger partial charge in [0.05, 0.1) is 7.11 Å². The number of hydrogen-bond donors (Lipinski definition) is 1. The summed E-state index contributed by atoms with van der Waals surface area (Å²) in [6.07, 6.45) is 7.26. The molecule has 3 rings (SSSR count). The van der Waals surface area contributed by atoms with E-state index in [1.807, 2.05) is 19.2 Å². The van der Waals surface area contributed by atoms with Gasteiger partial charge < -0.3 is 15.0 Å². The molecule has 0 aliphatic carbocycles. The predicted octanol–water partition coefficient (Wildman–Crippen LogP) is 3.08. The first-order chi connectivity index (χ1) is 12.7. The Labute approximate surface area is 181 Å². The number of piperidine rings is 2. The van der Waals surface area contributed by atoms with Crippen molar-refractivity contribution >= 4 is 36.8 Å². The van der Waals surface area contributed by atoms with Crippen LogP contribution in [0.25, 0.3) is 6.08 Å². The van der Waals surface area contributed by atoms with Gasteiger partial charge in [0.15, 0.2) is 0 Å². The van der Waals surface area contributed by atoms with Crippen molar-refractivity contribution in [2.45, 2.75) is 25.3 Å². The molecule has 2 heterocycles. The Hall–Kier alpha value is -1.27. The van der Waals surface area contributed by atoms with Crippen LogP contribution in [0.4, 0.5) is 0 Å². The van der Waals surface area contributed by atoms with Gasteiger partial charge in [-0.3, -0.25) is 9.69 Å². The van der Waals surface area contributed by atoms with Crippen molar-refractivity contribution in [3.63, 3.8) is 0 Å². The lowest BCUT2D eigenvalue weighted by Crippen LogP contribution is -2.57. The third-order valence-corrected chi connectivity index (χ3v) is 5.62. The number of rotatable bonds is 7. The Morgan fingerprint density at radius 1 is 1.21 bits per heavy atom. The molecule has 2 saturated heterocycles. The Morgan fingerprint density at radius 3 is 2.64 bits per heavy atom. The minimum absolute atomic E-state index is 0. The van der Waals surface area contributed by atoms with E-state index in [-0.39, 0.29) is 24.8 Å². The van der Waals surface area contributed by atoms with Gasteiger partial charge in [0.1, 0.15) is 5.75 Å². The topological polar surface area (TPSA) is 44.8 Å². The molecule has 1 amide bonds. The zero-order valence-corrected chi connectivity index (χ0v) is 18.4. The van der Waals surface area contributed by atoms with E-state index in [4.69, 9.17) is 4.74 Å². The van der Waals surface area contributed by atoms with Crippen LogP contribution in [-0.2, 0) is 4.79 Å². The van der Waals surface area contributed by atoms with Gasteiger partial charge in [0, 0.05) is 45.2 Å². The maximum absolute atomic E-state index is 12.3. The summed E-state index contributed by atoms with van der Waals surface area (Å²) in [6.45, 7) is 4.86. The highest BCUT2D eigenvalue weighted by Crippen LogP contribution is 2.31. The molecule has 7 heteroatoms. The largest absolute Gasteiger partial charge is 0.497 e. The molecule has 0 bridgehead atoms. The lowest BCUT2D eigenvalue weighted by Gasteiger charge is -2.47. The third-order valence-electron chi connectivity index (χ3n) is 5.62. The number of amides is 1. The van der Waals surface area contributed by atoms with Crippen LogP contribution in [0.1, 0.15) is 24.8 Å². The smallest absolute Gasteiger partial charge is 0.222 e. The van der Waals surface area contributed by atoms with Crippen LogP contribution in [0.3, 0.4) is 0 Å². The van der Waals surface area contributed by atoms with E-state index in [9.17, 15) is 4.79 Å². The van der Waals surface area contributed by atoms with Gasteiger partial charge in [-0.1, -0.05) is 24.3 Å². The normalized spacial score (nSPS) is 22.4. The van der Waals surface area contributed by atoms with E-state index >= 15 is 0 Å². The highest BCUT2D eigenvalue weighted by atomic mass is 35.5. The van der Waals surface area contributed by atoms with E-state index in [1.165, 1.54) is 5.56 Å². The molecule has 5 nitrogen and oxygen atoms in total. The molecule has 0 aromatic heterocycles. The number of fused-ring (bicyclic) bond motifs is 1. The summed E-state index contributed by atoms with van der Waals surface area (Å²) in [6, 6.07) is 8.57. The first-order valence-electron chi connectivity index (χ1n) is 9.68. The second-order valence-corrected chi connectivity index (χ2v) is 7.28. The number of likely N-dealkylation sites (N-methyl/N-ethyl adjacent to an activating group) is 1. The summed E-state index contributed by atoms with van der Waals surface area (Å²) < 4.78 is 5.20. The van der Waals surface area contributed by atoms with Gasteiger partial charge in [-0.05, 0) is 43.5 Å². The first kappa shape index (κ1) is 24.8. The van der Waals surface area contributed by atoms with Crippen molar-refractivity contribution in [2.75, 3.05) is 46.9 Å². The Kier molecular flexibility index (Phi) is 10.9. The average Bonchev–Trinajstić information content (AvgIpc) is 2.68. The summed E-state index contributed by atoms with van der Waals surface area (Å²) in [5.41, 5.74) is 1.20.